The van der Waals surface area contributed by atoms with E-state index < -0.39 is 0 Å². The maximum Gasteiger partial charge on any atom is 0.143 e. The maximum absolute atomic E-state index is 6.43. The van der Waals surface area contributed by atoms with Crippen molar-refractivity contribution in [1.82, 2.24) is 0 Å². The van der Waals surface area contributed by atoms with Gasteiger partial charge in [0.2, 0.25) is 0 Å². The SMILES string of the molecule is Clc1cccc2oc3c(ccc4cccc(-c5ccccc5)c43)c12. The lowest BCUT2D eigenvalue weighted by molar-refractivity contribution is 0.673. The Hall–Kier alpha value is -2.77. The van der Waals surface area contributed by atoms with Crippen LogP contribution >= 0.6 is 11.6 Å². The summed E-state index contributed by atoms with van der Waals surface area (Å²) in [5.41, 5.74) is 4.08. The van der Waals surface area contributed by atoms with Crippen molar-refractivity contribution >= 4 is 44.3 Å². The van der Waals surface area contributed by atoms with E-state index in [4.69, 9.17) is 16.0 Å². The minimum absolute atomic E-state index is 0.725. The Kier molecular flexibility index (Phi) is 2.91. The fourth-order valence-electron chi connectivity index (χ4n) is 3.47. The zero-order valence-corrected chi connectivity index (χ0v) is 13.5. The van der Waals surface area contributed by atoms with E-state index in [9.17, 15) is 0 Å². The maximum atomic E-state index is 6.43. The van der Waals surface area contributed by atoms with E-state index in [0.717, 1.165) is 32.3 Å². The second-order valence-corrected chi connectivity index (χ2v) is 6.33. The van der Waals surface area contributed by atoms with Crippen molar-refractivity contribution in [1.29, 1.82) is 0 Å². The van der Waals surface area contributed by atoms with Crippen molar-refractivity contribution in [3.63, 3.8) is 0 Å². The van der Waals surface area contributed by atoms with Gasteiger partial charge in [-0.25, -0.2) is 0 Å². The van der Waals surface area contributed by atoms with Crippen molar-refractivity contribution in [2.24, 2.45) is 0 Å². The fourth-order valence-corrected chi connectivity index (χ4v) is 3.74. The number of furan rings is 1. The molecular weight excluding hydrogens is 316 g/mol. The Balaban J connectivity index is 2.01. The Morgan fingerprint density at radius 3 is 2.38 bits per heavy atom. The lowest BCUT2D eigenvalue weighted by Crippen LogP contribution is -1.82. The lowest BCUT2D eigenvalue weighted by Gasteiger charge is -2.07. The highest BCUT2D eigenvalue weighted by Crippen LogP contribution is 2.40. The lowest BCUT2D eigenvalue weighted by atomic mass is 9.96. The van der Waals surface area contributed by atoms with Crippen LogP contribution in [0.1, 0.15) is 0 Å². The van der Waals surface area contributed by atoms with E-state index >= 15 is 0 Å². The van der Waals surface area contributed by atoms with Crippen LogP contribution in [0.2, 0.25) is 5.02 Å². The summed E-state index contributed by atoms with van der Waals surface area (Å²) in [4.78, 5) is 0. The first kappa shape index (κ1) is 13.6. The summed E-state index contributed by atoms with van der Waals surface area (Å²) in [6.45, 7) is 0. The summed E-state index contributed by atoms with van der Waals surface area (Å²) in [6, 6.07) is 26.8. The number of benzene rings is 4. The van der Waals surface area contributed by atoms with Gasteiger partial charge in [-0.15, -0.1) is 0 Å². The quantitative estimate of drug-likeness (QED) is 0.321. The van der Waals surface area contributed by atoms with Crippen LogP contribution in [-0.4, -0.2) is 0 Å². The van der Waals surface area contributed by atoms with Crippen molar-refractivity contribution in [2.75, 3.05) is 0 Å². The van der Waals surface area contributed by atoms with Gasteiger partial charge in [0, 0.05) is 16.2 Å². The summed E-state index contributed by atoms with van der Waals surface area (Å²) >= 11 is 6.43. The van der Waals surface area contributed by atoms with Crippen LogP contribution in [0.15, 0.2) is 83.3 Å². The summed E-state index contributed by atoms with van der Waals surface area (Å²) < 4.78 is 6.22. The summed E-state index contributed by atoms with van der Waals surface area (Å²) in [6.07, 6.45) is 0. The zero-order valence-electron chi connectivity index (χ0n) is 12.8. The van der Waals surface area contributed by atoms with Gasteiger partial charge in [-0.05, 0) is 34.7 Å². The van der Waals surface area contributed by atoms with Gasteiger partial charge in [0.15, 0.2) is 0 Å². The van der Waals surface area contributed by atoms with E-state index in [1.165, 1.54) is 16.5 Å². The highest BCUT2D eigenvalue weighted by molar-refractivity contribution is 6.38. The predicted octanol–water partition coefficient (Wildman–Crippen LogP) is 7.06. The molecule has 5 rings (SSSR count). The van der Waals surface area contributed by atoms with Gasteiger partial charge in [0.1, 0.15) is 11.2 Å². The molecular formula is C22H13ClO. The van der Waals surface area contributed by atoms with E-state index in [1.807, 2.05) is 24.3 Å². The molecule has 1 aromatic heterocycles. The molecule has 0 aliphatic carbocycles. The molecule has 0 aliphatic rings. The smallest absolute Gasteiger partial charge is 0.143 e. The van der Waals surface area contributed by atoms with Crippen LogP contribution in [0.4, 0.5) is 0 Å². The van der Waals surface area contributed by atoms with Crippen molar-refractivity contribution in [2.45, 2.75) is 0 Å². The number of halogens is 1. The molecule has 2 heteroatoms. The van der Waals surface area contributed by atoms with Crippen LogP contribution in [0.3, 0.4) is 0 Å². The van der Waals surface area contributed by atoms with Gasteiger partial charge in [0.25, 0.3) is 0 Å². The molecule has 0 N–H and O–H groups in total. The zero-order chi connectivity index (χ0) is 16.1. The van der Waals surface area contributed by atoms with Crippen LogP contribution in [0.5, 0.6) is 0 Å². The second-order valence-electron chi connectivity index (χ2n) is 5.93. The molecule has 114 valence electrons. The van der Waals surface area contributed by atoms with Gasteiger partial charge in [-0.3, -0.25) is 0 Å². The number of hydrogen-bond acceptors (Lipinski definition) is 1. The third-order valence-electron chi connectivity index (χ3n) is 4.54. The van der Waals surface area contributed by atoms with Crippen molar-refractivity contribution in [3.8, 4) is 11.1 Å². The molecule has 0 aliphatic heterocycles. The topological polar surface area (TPSA) is 13.1 Å². The number of fused-ring (bicyclic) bond motifs is 5. The molecule has 0 amide bonds. The molecule has 0 bridgehead atoms. The molecule has 0 spiro atoms. The Morgan fingerprint density at radius 1 is 0.667 bits per heavy atom. The van der Waals surface area contributed by atoms with Crippen LogP contribution in [0.25, 0.3) is 43.8 Å². The first-order chi connectivity index (χ1) is 11.8. The molecule has 24 heavy (non-hydrogen) atoms. The molecule has 0 fully saturated rings. The van der Waals surface area contributed by atoms with Gasteiger partial charge >= 0.3 is 0 Å². The molecule has 1 nitrogen and oxygen atoms in total. The van der Waals surface area contributed by atoms with Gasteiger partial charge in [-0.2, -0.15) is 0 Å². The average Bonchev–Trinajstić information content (AvgIpc) is 3.02. The van der Waals surface area contributed by atoms with E-state index in [0.29, 0.717) is 0 Å². The number of rotatable bonds is 1. The Morgan fingerprint density at radius 2 is 1.50 bits per heavy atom. The van der Waals surface area contributed by atoms with E-state index in [2.05, 4.69) is 54.6 Å². The van der Waals surface area contributed by atoms with E-state index in [-0.39, 0.29) is 0 Å². The first-order valence-electron chi connectivity index (χ1n) is 7.91. The normalized spacial score (nSPS) is 11.5. The standard InChI is InChI=1S/C22H13ClO/c23-18-10-5-11-19-21(18)17-13-12-15-8-4-9-16(20(15)22(17)24-19)14-6-2-1-3-7-14/h1-13H. The molecule has 0 saturated carbocycles. The number of hydrogen-bond donors (Lipinski definition) is 0. The second kappa shape index (κ2) is 5.12. The molecule has 0 saturated heterocycles. The Bertz CT molecular complexity index is 1200. The predicted molar refractivity (Wildman–Crippen MR) is 102 cm³/mol. The minimum atomic E-state index is 0.725. The van der Waals surface area contributed by atoms with Crippen molar-refractivity contribution in [3.05, 3.63) is 83.9 Å². The highest BCUT2D eigenvalue weighted by Gasteiger charge is 2.15. The van der Waals surface area contributed by atoms with E-state index in [1.54, 1.807) is 0 Å². The minimum Gasteiger partial charge on any atom is -0.455 e. The largest absolute Gasteiger partial charge is 0.455 e. The van der Waals surface area contributed by atoms with Gasteiger partial charge in [-0.1, -0.05) is 72.3 Å². The fraction of sp³-hybridized carbons (Fsp3) is 0. The molecule has 0 atom stereocenters. The van der Waals surface area contributed by atoms with Crippen LogP contribution in [-0.2, 0) is 0 Å². The monoisotopic (exact) mass is 328 g/mol. The molecule has 4 aromatic carbocycles. The summed E-state index contributed by atoms with van der Waals surface area (Å²) in [5, 5.41) is 5.07. The Labute approximate surface area is 144 Å². The molecule has 0 unspecified atom stereocenters. The molecule has 0 radical (unpaired) electrons. The van der Waals surface area contributed by atoms with Gasteiger partial charge in [0.05, 0.1) is 5.02 Å². The van der Waals surface area contributed by atoms with Gasteiger partial charge < -0.3 is 4.42 Å². The molecule has 5 aromatic rings. The highest BCUT2D eigenvalue weighted by atomic mass is 35.5. The third kappa shape index (κ3) is 1.88. The van der Waals surface area contributed by atoms with Crippen LogP contribution < -0.4 is 0 Å². The summed E-state index contributed by atoms with van der Waals surface area (Å²) in [7, 11) is 0. The average molecular weight is 329 g/mol. The summed E-state index contributed by atoms with van der Waals surface area (Å²) in [5.74, 6) is 0. The van der Waals surface area contributed by atoms with Crippen molar-refractivity contribution < 1.29 is 4.42 Å². The third-order valence-corrected chi connectivity index (χ3v) is 4.85. The molecule has 1 heterocycles. The first-order valence-corrected chi connectivity index (χ1v) is 8.28. The van der Waals surface area contributed by atoms with Crippen LogP contribution in [0, 0.1) is 0 Å².